The number of fused-ring (bicyclic) bond motifs is 2. The van der Waals surface area contributed by atoms with E-state index in [1.54, 1.807) is 4.90 Å². The highest BCUT2D eigenvalue weighted by atomic mass is 16.2. The quantitative estimate of drug-likeness (QED) is 0.784. The highest BCUT2D eigenvalue weighted by Crippen LogP contribution is 2.42. The second kappa shape index (κ2) is 8.47. The average molecular weight is 398 g/mol. The first kappa shape index (κ1) is 20.4. The summed E-state index contributed by atoms with van der Waals surface area (Å²) in [5.41, 5.74) is 2.79. The van der Waals surface area contributed by atoms with Crippen LogP contribution in [0.3, 0.4) is 0 Å². The van der Waals surface area contributed by atoms with Gasteiger partial charge in [-0.15, -0.1) is 0 Å². The van der Waals surface area contributed by atoms with Gasteiger partial charge in [0.1, 0.15) is 0 Å². The Morgan fingerprint density at radius 1 is 1.10 bits per heavy atom. The van der Waals surface area contributed by atoms with E-state index < -0.39 is 0 Å². The van der Waals surface area contributed by atoms with Crippen molar-refractivity contribution < 1.29 is 9.59 Å². The molecule has 2 amide bonds. The Hall–Kier alpha value is -1.88. The number of hydrogen-bond donors (Lipinski definition) is 0. The molecule has 2 heterocycles. The summed E-state index contributed by atoms with van der Waals surface area (Å²) < 4.78 is 0. The van der Waals surface area contributed by atoms with Gasteiger partial charge in [-0.25, -0.2) is 0 Å². The standard InChI is InChI=1S/C24H35N3O2/c1-25(2)23(29)17-26-13-11-24(12-14-26)18-27(16-20-9-5-6-10-21(20)24)22(28)15-19-7-3-4-8-19/h5-6,9-10,19H,3-4,7-8,11-18H2,1-2H3. The number of piperidine rings is 1. The number of hydrogen-bond acceptors (Lipinski definition) is 3. The first-order chi connectivity index (χ1) is 14.0. The van der Waals surface area contributed by atoms with Crippen LogP contribution in [-0.4, -0.2) is 66.8 Å². The van der Waals surface area contributed by atoms with Gasteiger partial charge in [-0.2, -0.15) is 0 Å². The molecule has 1 aromatic rings. The number of carbonyl (C=O) groups is 2. The van der Waals surface area contributed by atoms with Gasteiger partial charge in [-0.3, -0.25) is 14.5 Å². The van der Waals surface area contributed by atoms with Crippen molar-refractivity contribution >= 4 is 11.8 Å². The van der Waals surface area contributed by atoms with Crippen molar-refractivity contribution in [2.45, 2.75) is 56.9 Å². The molecule has 1 spiro atoms. The van der Waals surface area contributed by atoms with Gasteiger partial charge in [0.25, 0.3) is 0 Å². The van der Waals surface area contributed by atoms with Crippen LogP contribution in [0.2, 0.25) is 0 Å². The lowest BCUT2D eigenvalue weighted by molar-refractivity contribution is -0.134. The Balaban J connectivity index is 1.48. The molecule has 0 atom stereocenters. The Kier molecular flexibility index (Phi) is 5.95. The van der Waals surface area contributed by atoms with E-state index in [9.17, 15) is 9.59 Å². The van der Waals surface area contributed by atoms with E-state index in [1.807, 2.05) is 14.1 Å². The van der Waals surface area contributed by atoms with Crippen molar-refractivity contribution in [3.8, 4) is 0 Å². The molecule has 5 heteroatoms. The highest BCUT2D eigenvalue weighted by molar-refractivity contribution is 5.78. The maximum absolute atomic E-state index is 13.1. The zero-order valence-electron chi connectivity index (χ0n) is 18.0. The second-order valence-corrected chi connectivity index (χ2v) is 9.61. The van der Waals surface area contributed by atoms with E-state index in [4.69, 9.17) is 0 Å². The van der Waals surface area contributed by atoms with E-state index in [0.717, 1.165) is 45.4 Å². The zero-order chi connectivity index (χ0) is 20.4. The Bertz CT molecular complexity index is 746. The predicted molar refractivity (Wildman–Crippen MR) is 114 cm³/mol. The number of amides is 2. The fraction of sp³-hybridized carbons (Fsp3) is 0.667. The van der Waals surface area contributed by atoms with Crippen molar-refractivity contribution in [1.82, 2.24) is 14.7 Å². The molecule has 29 heavy (non-hydrogen) atoms. The minimum Gasteiger partial charge on any atom is -0.348 e. The van der Waals surface area contributed by atoms with Gasteiger partial charge >= 0.3 is 0 Å². The van der Waals surface area contributed by atoms with E-state index in [2.05, 4.69) is 34.1 Å². The Morgan fingerprint density at radius 3 is 2.48 bits per heavy atom. The van der Waals surface area contributed by atoms with Gasteiger partial charge in [-0.05, 0) is 55.8 Å². The SMILES string of the molecule is CN(C)C(=O)CN1CCC2(CC1)CN(C(=O)CC1CCCC1)Cc1ccccc12. The normalized spacial score (nSPS) is 21.9. The molecule has 4 rings (SSSR count). The van der Waals surface area contributed by atoms with Gasteiger partial charge < -0.3 is 9.80 Å². The van der Waals surface area contributed by atoms with Crippen molar-refractivity contribution in [3.05, 3.63) is 35.4 Å². The summed E-state index contributed by atoms with van der Waals surface area (Å²) in [6, 6.07) is 8.71. The van der Waals surface area contributed by atoms with Gasteiger partial charge in [0.2, 0.25) is 11.8 Å². The molecule has 1 aromatic carbocycles. The van der Waals surface area contributed by atoms with Crippen LogP contribution in [0, 0.1) is 5.92 Å². The lowest BCUT2D eigenvalue weighted by atomic mass is 9.68. The number of benzene rings is 1. The van der Waals surface area contributed by atoms with E-state index in [1.165, 1.54) is 36.8 Å². The zero-order valence-corrected chi connectivity index (χ0v) is 18.0. The third-order valence-corrected chi connectivity index (χ3v) is 7.41. The first-order valence-corrected chi connectivity index (χ1v) is 11.3. The average Bonchev–Trinajstić information content (AvgIpc) is 3.22. The van der Waals surface area contributed by atoms with Crippen LogP contribution in [0.1, 0.15) is 56.1 Å². The molecule has 0 bridgehead atoms. The van der Waals surface area contributed by atoms with E-state index >= 15 is 0 Å². The molecule has 158 valence electrons. The Morgan fingerprint density at radius 2 is 1.79 bits per heavy atom. The maximum Gasteiger partial charge on any atom is 0.236 e. The number of rotatable bonds is 4. The fourth-order valence-electron chi connectivity index (χ4n) is 5.55. The topological polar surface area (TPSA) is 43.9 Å². The third-order valence-electron chi connectivity index (χ3n) is 7.41. The van der Waals surface area contributed by atoms with E-state index in [0.29, 0.717) is 18.4 Å². The van der Waals surface area contributed by atoms with Gasteiger partial charge in [0.05, 0.1) is 6.54 Å². The minimum atomic E-state index is 0.0395. The summed E-state index contributed by atoms with van der Waals surface area (Å²) in [4.78, 5) is 31.3. The minimum absolute atomic E-state index is 0.0395. The molecule has 1 saturated heterocycles. The van der Waals surface area contributed by atoms with Crippen LogP contribution in [-0.2, 0) is 21.5 Å². The molecular weight excluding hydrogens is 362 g/mol. The van der Waals surface area contributed by atoms with Crippen LogP contribution < -0.4 is 0 Å². The molecular formula is C24H35N3O2. The molecule has 0 radical (unpaired) electrons. The summed E-state index contributed by atoms with van der Waals surface area (Å²) in [7, 11) is 3.64. The predicted octanol–water partition coefficient (Wildman–Crippen LogP) is 3.03. The maximum atomic E-state index is 13.1. The molecule has 3 aliphatic rings. The number of likely N-dealkylation sites (tertiary alicyclic amines) is 1. The molecule has 0 aromatic heterocycles. The molecule has 0 N–H and O–H groups in total. The lowest BCUT2D eigenvalue weighted by Crippen LogP contribution is -2.54. The molecule has 1 saturated carbocycles. The van der Waals surface area contributed by atoms with Crippen LogP contribution in [0.4, 0.5) is 0 Å². The molecule has 0 unspecified atom stereocenters. The summed E-state index contributed by atoms with van der Waals surface area (Å²) in [5, 5.41) is 0. The number of likely N-dealkylation sites (N-methyl/N-ethyl adjacent to an activating group) is 1. The van der Waals surface area contributed by atoms with E-state index in [-0.39, 0.29) is 11.3 Å². The fourth-order valence-corrected chi connectivity index (χ4v) is 5.55. The molecule has 5 nitrogen and oxygen atoms in total. The van der Waals surface area contributed by atoms with Gasteiger partial charge in [0, 0.05) is 39.0 Å². The summed E-state index contributed by atoms with van der Waals surface area (Å²) in [6.45, 7) is 3.92. The highest BCUT2D eigenvalue weighted by Gasteiger charge is 2.43. The lowest BCUT2D eigenvalue weighted by Gasteiger charge is -2.49. The number of nitrogens with zero attached hydrogens (tertiary/aromatic N) is 3. The first-order valence-electron chi connectivity index (χ1n) is 11.3. The second-order valence-electron chi connectivity index (χ2n) is 9.61. The summed E-state index contributed by atoms with van der Waals surface area (Å²) in [6.07, 6.45) is 7.75. The largest absolute Gasteiger partial charge is 0.348 e. The van der Waals surface area contributed by atoms with Crippen molar-refractivity contribution in [2.75, 3.05) is 40.3 Å². The van der Waals surface area contributed by atoms with Crippen molar-refractivity contribution in [3.63, 3.8) is 0 Å². The van der Waals surface area contributed by atoms with Crippen LogP contribution in [0.25, 0.3) is 0 Å². The molecule has 2 fully saturated rings. The van der Waals surface area contributed by atoms with Crippen LogP contribution in [0.5, 0.6) is 0 Å². The monoisotopic (exact) mass is 397 g/mol. The number of carbonyl (C=O) groups excluding carboxylic acids is 2. The van der Waals surface area contributed by atoms with Crippen LogP contribution in [0.15, 0.2) is 24.3 Å². The Labute approximate surface area is 175 Å². The third kappa shape index (κ3) is 4.35. The summed E-state index contributed by atoms with van der Waals surface area (Å²) >= 11 is 0. The smallest absolute Gasteiger partial charge is 0.236 e. The van der Waals surface area contributed by atoms with Gasteiger partial charge in [-0.1, -0.05) is 37.1 Å². The summed E-state index contributed by atoms with van der Waals surface area (Å²) in [5.74, 6) is 1.10. The molecule has 2 aliphatic heterocycles. The van der Waals surface area contributed by atoms with Crippen molar-refractivity contribution in [2.24, 2.45) is 5.92 Å². The van der Waals surface area contributed by atoms with Gasteiger partial charge in [0.15, 0.2) is 0 Å². The molecule has 1 aliphatic carbocycles. The van der Waals surface area contributed by atoms with Crippen LogP contribution >= 0.6 is 0 Å². The van der Waals surface area contributed by atoms with Crippen molar-refractivity contribution in [1.29, 1.82) is 0 Å².